The third kappa shape index (κ3) is 9.47. The number of hydrogen-bond acceptors (Lipinski definition) is 6. The molecule has 1 fully saturated rings. The summed E-state index contributed by atoms with van der Waals surface area (Å²) in [7, 11) is 3.31. The fourth-order valence-corrected chi connectivity index (χ4v) is 6.07. The average Bonchev–Trinajstić information content (AvgIpc) is 3.63. The van der Waals surface area contributed by atoms with Gasteiger partial charge in [0, 0.05) is 51.9 Å². The van der Waals surface area contributed by atoms with Crippen LogP contribution in [-0.2, 0) is 38.4 Å². The summed E-state index contributed by atoms with van der Waals surface area (Å²) in [5, 5.41) is 8.58. The fraction of sp³-hybridized carbons (Fsp3) is 0.368. The summed E-state index contributed by atoms with van der Waals surface area (Å²) in [6.45, 7) is 1.70. The molecule has 0 radical (unpaired) electrons. The maximum absolute atomic E-state index is 14.5. The first-order valence-electron chi connectivity index (χ1n) is 16.4. The van der Waals surface area contributed by atoms with Crippen LogP contribution < -0.4 is 10.6 Å². The highest BCUT2D eigenvalue weighted by Crippen LogP contribution is 2.20. The van der Waals surface area contributed by atoms with E-state index in [9.17, 15) is 14.4 Å². The van der Waals surface area contributed by atoms with Crippen LogP contribution in [0.3, 0.4) is 0 Å². The molecule has 9 nitrogen and oxygen atoms in total. The molecule has 3 atom stereocenters. The number of nitrogens with one attached hydrogen (secondary N) is 2. The van der Waals surface area contributed by atoms with Gasteiger partial charge < -0.3 is 25.2 Å². The van der Waals surface area contributed by atoms with Gasteiger partial charge in [0.25, 0.3) is 0 Å². The molecule has 0 aliphatic carbocycles. The molecule has 5 rings (SSSR count). The van der Waals surface area contributed by atoms with Crippen LogP contribution in [0, 0.1) is 0 Å². The Hall–Kier alpha value is -4.60. The Morgan fingerprint density at radius 3 is 2.32 bits per heavy atom. The van der Waals surface area contributed by atoms with Crippen molar-refractivity contribution in [3.63, 3.8) is 0 Å². The lowest BCUT2D eigenvalue weighted by Gasteiger charge is -2.34. The molecule has 3 amide bonds. The maximum Gasteiger partial charge on any atom is 0.249 e. The minimum atomic E-state index is -0.843. The van der Waals surface area contributed by atoms with Gasteiger partial charge in [0.2, 0.25) is 17.7 Å². The summed E-state index contributed by atoms with van der Waals surface area (Å²) < 4.78 is 5.80. The molecular formula is C38H45N5O4. The number of pyridine rings is 1. The fourth-order valence-electron chi connectivity index (χ4n) is 6.07. The number of fused-ring (bicyclic) bond motifs is 1. The van der Waals surface area contributed by atoms with Crippen molar-refractivity contribution in [1.82, 2.24) is 25.4 Å². The van der Waals surface area contributed by atoms with Gasteiger partial charge in [-0.3, -0.25) is 19.4 Å². The zero-order chi connectivity index (χ0) is 33.0. The molecule has 246 valence electrons. The molecule has 1 aliphatic heterocycles. The third-order valence-corrected chi connectivity index (χ3v) is 8.95. The van der Waals surface area contributed by atoms with Crippen LogP contribution in [0.15, 0.2) is 97.3 Å². The minimum Gasteiger partial charge on any atom is -0.370 e. The zero-order valence-electron chi connectivity index (χ0n) is 27.3. The number of rotatable bonds is 15. The summed E-state index contributed by atoms with van der Waals surface area (Å²) in [6, 6.07) is 26.3. The Morgan fingerprint density at radius 2 is 1.57 bits per heavy atom. The van der Waals surface area contributed by atoms with E-state index in [1.165, 1.54) is 9.80 Å². The summed E-state index contributed by atoms with van der Waals surface area (Å²) in [6.07, 6.45) is 6.84. The van der Waals surface area contributed by atoms with Crippen LogP contribution in [0.4, 0.5) is 0 Å². The van der Waals surface area contributed by atoms with E-state index in [1.54, 1.807) is 26.5 Å². The Labute approximate surface area is 277 Å². The molecule has 4 aromatic rings. The number of benzene rings is 3. The summed E-state index contributed by atoms with van der Waals surface area (Å²) in [5.41, 5.74) is 2.92. The first-order chi connectivity index (χ1) is 22.9. The van der Waals surface area contributed by atoms with E-state index in [1.807, 2.05) is 78.9 Å². The molecular weight excluding hydrogens is 590 g/mol. The van der Waals surface area contributed by atoms with Crippen LogP contribution in [0.25, 0.3) is 10.8 Å². The second-order valence-corrected chi connectivity index (χ2v) is 12.3. The molecule has 0 bridgehead atoms. The largest absolute Gasteiger partial charge is 0.370 e. The van der Waals surface area contributed by atoms with Crippen LogP contribution in [0.5, 0.6) is 0 Å². The van der Waals surface area contributed by atoms with Gasteiger partial charge in [0.1, 0.15) is 18.7 Å². The molecule has 3 aromatic carbocycles. The highest BCUT2D eigenvalue weighted by molar-refractivity contribution is 5.92. The van der Waals surface area contributed by atoms with Crippen molar-refractivity contribution in [2.75, 3.05) is 40.4 Å². The monoisotopic (exact) mass is 635 g/mol. The van der Waals surface area contributed by atoms with E-state index in [-0.39, 0.29) is 30.4 Å². The first kappa shape index (κ1) is 33.8. The number of ether oxygens (including phenoxy) is 1. The van der Waals surface area contributed by atoms with E-state index in [4.69, 9.17) is 4.74 Å². The van der Waals surface area contributed by atoms with Crippen molar-refractivity contribution >= 4 is 28.5 Å². The van der Waals surface area contributed by atoms with Crippen molar-refractivity contribution in [2.24, 2.45) is 0 Å². The predicted octanol–water partition coefficient (Wildman–Crippen LogP) is 3.80. The first-order valence-corrected chi connectivity index (χ1v) is 16.4. The van der Waals surface area contributed by atoms with Crippen molar-refractivity contribution in [3.8, 4) is 0 Å². The molecule has 3 unspecified atom stereocenters. The van der Waals surface area contributed by atoms with Gasteiger partial charge in [-0.05, 0) is 65.4 Å². The molecule has 1 aliphatic rings. The van der Waals surface area contributed by atoms with Gasteiger partial charge in [-0.25, -0.2) is 0 Å². The Morgan fingerprint density at radius 1 is 0.851 bits per heavy atom. The number of carbonyl (C=O) groups is 3. The predicted molar refractivity (Wildman–Crippen MR) is 184 cm³/mol. The molecule has 2 N–H and O–H groups in total. The van der Waals surface area contributed by atoms with E-state index in [2.05, 4.69) is 21.7 Å². The highest BCUT2D eigenvalue weighted by atomic mass is 16.5. The topological polar surface area (TPSA) is 104 Å². The molecule has 9 heteroatoms. The highest BCUT2D eigenvalue weighted by Gasteiger charge is 2.35. The van der Waals surface area contributed by atoms with Crippen LogP contribution >= 0.6 is 0 Å². The second-order valence-electron chi connectivity index (χ2n) is 12.3. The van der Waals surface area contributed by atoms with Crippen molar-refractivity contribution < 1.29 is 19.1 Å². The van der Waals surface area contributed by atoms with E-state index in [0.717, 1.165) is 46.8 Å². The molecule has 1 saturated heterocycles. The van der Waals surface area contributed by atoms with Gasteiger partial charge >= 0.3 is 0 Å². The molecule has 0 saturated carbocycles. The lowest BCUT2D eigenvalue weighted by atomic mass is 9.98. The van der Waals surface area contributed by atoms with Gasteiger partial charge in [0.15, 0.2) is 0 Å². The molecule has 1 aromatic heterocycles. The number of hydrogen-bond donors (Lipinski definition) is 2. The Balaban J connectivity index is 1.35. The summed E-state index contributed by atoms with van der Waals surface area (Å²) in [4.78, 5) is 48.8. The second kappa shape index (κ2) is 16.8. The standard InChI is InChI=1S/C38H45N5O4/c1-42(36(44)27-47-26-33-13-8-19-40-33)35(25-30-14-15-31-11-6-7-12-32(31)23-30)38(46)43(2)34(24-29-9-4-3-5-10-29)37(45)41-22-18-28-16-20-39-21-17-28/h3-7,9-12,14-17,20-21,23,33-35,40H,8,13,18-19,22,24-27H2,1-2H3,(H,41,45). The van der Waals surface area contributed by atoms with E-state index in [0.29, 0.717) is 32.4 Å². The molecule has 47 heavy (non-hydrogen) atoms. The van der Waals surface area contributed by atoms with Gasteiger partial charge in [-0.1, -0.05) is 72.8 Å². The van der Waals surface area contributed by atoms with Crippen LogP contribution in [-0.4, -0.2) is 91.0 Å². The average molecular weight is 636 g/mol. The summed E-state index contributed by atoms with van der Waals surface area (Å²) in [5.74, 6) is -0.835. The number of aromatic nitrogens is 1. The van der Waals surface area contributed by atoms with E-state index >= 15 is 0 Å². The Bertz CT molecular complexity index is 1610. The number of likely N-dealkylation sites (N-methyl/N-ethyl adjacent to an activating group) is 2. The van der Waals surface area contributed by atoms with Crippen LogP contribution in [0.2, 0.25) is 0 Å². The number of nitrogens with zero attached hydrogens (tertiary/aromatic N) is 3. The van der Waals surface area contributed by atoms with Gasteiger partial charge in [-0.15, -0.1) is 0 Å². The minimum absolute atomic E-state index is 0.122. The van der Waals surface area contributed by atoms with Gasteiger partial charge in [0.05, 0.1) is 6.61 Å². The van der Waals surface area contributed by atoms with Crippen molar-refractivity contribution in [2.45, 2.75) is 50.2 Å². The number of amides is 3. The smallest absolute Gasteiger partial charge is 0.249 e. The quantitative estimate of drug-likeness (QED) is 0.206. The third-order valence-electron chi connectivity index (χ3n) is 8.95. The lowest BCUT2D eigenvalue weighted by Crippen LogP contribution is -2.56. The van der Waals surface area contributed by atoms with E-state index < -0.39 is 12.1 Å². The normalized spacial score (nSPS) is 15.6. The van der Waals surface area contributed by atoms with Gasteiger partial charge in [-0.2, -0.15) is 0 Å². The molecule has 0 spiro atoms. The number of carbonyl (C=O) groups excluding carboxylic acids is 3. The van der Waals surface area contributed by atoms with Crippen molar-refractivity contribution in [3.05, 3.63) is 114 Å². The Kier molecular flexibility index (Phi) is 12.1. The summed E-state index contributed by atoms with van der Waals surface area (Å²) >= 11 is 0. The maximum atomic E-state index is 14.5. The van der Waals surface area contributed by atoms with Crippen molar-refractivity contribution in [1.29, 1.82) is 0 Å². The van der Waals surface area contributed by atoms with Crippen LogP contribution in [0.1, 0.15) is 29.5 Å². The lowest BCUT2D eigenvalue weighted by molar-refractivity contribution is -0.149. The zero-order valence-corrected chi connectivity index (χ0v) is 27.3. The SMILES string of the molecule is CN(C(=O)COCC1CCCN1)C(Cc1ccc2ccccc2c1)C(=O)N(C)C(Cc1ccccc1)C(=O)NCCc1ccncc1. The molecule has 2 heterocycles.